The van der Waals surface area contributed by atoms with Crippen LogP contribution in [0.25, 0.3) is 0 Å². The number of carbonyl (C=O) groups is 2. The topological polar surface area (TPSA) is 85.9 Å². The van der Waals surface area contributed by atoms with Gasteiger partial charge < -0.3 is 24.8 Å². The predicted molar refractivity (Wildman–Crippen MR) is 112 cm³/mol. The van der Waals surface area contributed by atoms with Crippen molar-refractivity contribution in [3.05, 3.63) is 78.4 Å². The summed E-state index contributed by atoms with van der Waals surface area (Å²) in [5.41, 5.74) is 1.79. The third kappa shape index (κ3) is 4.35. The van der Waals surface area contributed by atoms with Crippen LogP contribution in [0.2, 0.25) is 0 Å². The number of rotatable bonds is 6. The molecule has 2 amide bonds. The molecule has 0 aromatic heterocycles. The van der Waals surface area contributed by atoms with Crippen LogP contribution in [-0.2, 0) is 9.59 Å². The van der Waals surface area contributed by atoms with E-state index in [9.17, 15) is 9.59 Å². The minimum atomic E-state index is -0.713. The van der Waals surface area contributed by atoms with E-state index < -0.39 is 6.10 Å². The van der Waals surface area contributed by atoms with Crippen molar-refractivity contribution in [2.24, 2.45) is 0 Å². The quantitative estimate of drug-likeness (QED) is 0.653. The lowest BCUT2D eigenvalue weighted by Gasteiger charge is -2.26. The van der Waals surface area contributed by atoms with Gasteiger partial charge in [-0.15, -0.1) is 0 Å². The van der Waals surface area contributed by atoms with Gasteiger partial charge >= 0.3 is 0 Å². The van der Waals surface area contributed by atoms with E-state index in [1.54, 1.807) is 49.6 Å². The van der Waals surface area contributed by atoms with E-state index in [4.69, 9.17) is 14.2 Å². The first-order valence-electron chi connectivity index (χ1n) is 9.35. The van der Waals surface area contributed by atoms with Crippen molar-refractivity contribution >= 4 is 23.2 Å². The fourth-order valence-electron chi connectivity index (χ4n) is 3.07. The van der Waals surface area contributed by atoms with Crippen molar-refractivity contribution in [1.29, 1.82) is 0 Å². The monoisotopic (exact) mass is 404 g/mol. The molecule has 1 aliphatic heterocycles. The highest BCUT2D eigenvalue weighted by Gasteiger charge is 2.29. The third-order valence-electron chi connectivity index (χ3n) is 4.52. The highest BCUT2D eigenvalue weighted by atomic mass is 16.5. The smallest absolute Gasteiger partial charge is 0.270 e. The summed E-state index contributed by atoms with van der Waals surface area (Å²) in [7, 11) is 1.56. The van der Waals surface area contributed by atoms with E-state index in [2.05, 4.69) is 10.6 Å². The van der Waals surface area contributed by atoms with Crippen LogP contribution in [-0.4, -0.2) is 25.5 Å². The van der Waals surface area contributed by atoms with Crippen molar-refractivity contribution in [3.63, 3.8) is 0 Å². The summed E-state index contributed by atoms with van der Waals surface area (Å²) in [4.78, 5) is 24.7. The standard InChI is InChI=1S/C23H20N2O5/c1-28-17-8-5-9-18(13-17)29-14-21(26)24-16-10-11-20-19(12-16)25-23(27)22(30-20)15-6-3-2-4-7-15/h2-13,22H,14H2,1H3,(H,24,26)(H,25,27). The summed E-state index contributed by atoms with van der Waals surface area (Å²) in [5.74, 6) is 1.12. The average molecular weight is 404 g/mol. The Balaban J connectivity index is 1.39. The zero-order valence-corrected chi connectivity index (χ0v) is 16.3. The number of benzene rings is 3. The van der Waals surface area contributed by atoms with Crippen LogP contribution in [0.4, 0.5) is 11.4 Å². The predicted octanol–water partition coefficient (Wildman–Crippen LogP) is 3.78. The van der Waals surface area contributed by atoms with Crippen LogP contribution in [0.1, 0.15) is 11.7 Å². The number of hydrogen-bond donors (Lipinski definition) is 2. The molecule has 2 N–H and O–H groups in total. The lowest BCUT2D eigenvalue weighted by molar-refractivity contribution is -0.123. The van der Waals surface area contributed by atoms with Gasteiger partial charge in [0.1, 0.15) is 17.2 Å². The maximum Gasteiger partial charge on any atom is 0.270 e. The molecule has 152 valence electrons. The maximum atomic E-state index is 12.4. The summed E-state index contributed by atoms with van der Waals surface area (Å²) in [6.45, 7) is -0.163. The molecule has 1 unspecified atom stereocenters. The molecule has 7 nitrogen and oxygen atoms in total. The van der Waals surface area contributed by atoms with Crippen LogP contribution >= 0.6 is 0 Å². The second-order valence-corrected chi connectivity index (χ2v) is 6.62. The molecule has 0 bridgehead atoms. The molecule has 3 aromatic carbocycles. The first kappa shape index (κ1) is 19.3. The van der Waals surface area contributed by atoms with Gasteiger partial charge in [-0.2, -0.15) is 0 Å². The SMILES string of the molecule is COc1cccc(OCC(=O)Nc2ccc3c(c2)NC(=O)C(c2ccccc2)O3)c1. The van der Waals surface area contributed by atoms with Gasteiger partial charge in [-0.05, 0) is 30.3 Å². The fourth-order valence-corrected chi connectivity index (χ4v) is 3.07. The second kappa shape index (κ2) is 8.57. The molecule has 0 fully saturated rings. The molecule has 0 radical (unpaired) electrons. The summed E-state index contributed by atoms with van der Waals surface area (Å²) in [5, 5.41) is 5.58. The summed E-state index contributed by atoms with van der Waals surface area (Å²) in [6.07, 6.45) is -0.713. The van der Waals surface area contributed by atoms with Crippen molar-refractivity contribution in [2.45, 2.75) is 6.10 Å². The Morgan fingerprint density at radius 3 is 2.63 bits per heavy atom. The Hall–Kier alpha value is -4.00. The van der Waals surface area contributed by atoms with Crippen molar-refractivity contribution < 1.29 is 23.8 Å². The van der Waals surface area contributed by atoms with E-state index in [-0.39, 0.29) is 18.4 Å². The van der Waals surface area contributed by atoms with Crippen molar-refractivity contribution in [2.75, 3.05) is 24.4 Å². The van der Waals surface area contributed by atoms with Crippen molar-refractivity contribution in [3.8, 4) is 17.2 Å². The number of nitrogens with one attached hydrogen (secondary N) is 2. The molecule has 1 heterocycles. The molecule has 4 rings (SSSR count). The van der Waals surface area contributed by atoms with Gasteiger partial charge in [0.2, 0.25) is 6.10 Å². The van der Waals surface area contributed by atoms with Gasteiger partial charge in [-0.3, -0.25) is 9.59 Å². The Morgan fingerprint density at radius 2 is 1.83 bits per heavy atom. The Labute approximate surface area is 173 Å². The van der Waals surface area contributed by atoms with Crippen LogP contribution in [0.15, 0.2) is 72.8 Å². The number of hydrogen-bond acceptors (Lipinski definition) is 5. The van der Waals surface area contributed by atoms with E-state index in [0.717, 1.165) is 5.56 Å². The van der Waals surface area contributed by atoms with Gasteiger partial charge in [0, 0.05) is 17.3 Å². The summed E-state index contributed by atoms with van der Waals surface area (Å²) >= 11 is 0. The molecule has 3 aromatic rings. The zero-order chi connectivity index (χ0) is 20.9. The first-order valence-corrected chi connectivity index (χ1v) is 9.35. The van der Waals surface area contributed by atoms with Crippen molar-refractivity contribution in [1.82, 2.24) is 0 Å². The fraction of sp³-hybridized carbons (Fsp3) is 0.130. The second-order valence-electron chi connectivity index (χ2n) is 6.62. The molecule has 0 aliphatic carbocycles. The van der Waals surface area contributed by atoms with Gasteiger partial charge in [0.25, 0.3) is 11.8 Å². The zero-order valence-electron chi connectivity index (χ0n) is 16.3. The number of amides is 2. The van der Waals surface area contributed by atoms with Crippen LogP contribution in [0, 0.1) is 0 Å². The Kier molecular flexibility index (Phi) is 5.52. The number of methoxy groups -OCH3 is 1. The lowest BCUT2D eigenvalue weighted by atomic mass is 10.1. The van der Waals surface area contributed by atoms with Crippen LogP contribution < -0.4 is 24.8 Å². The van der Waals surface area contributed by atoms with E-state index in [0.29, 0.717) is 28.6 Å². The number of carbonyl (C=O) groups excluding carboxylic acids is 2. The number of anilines is 2. The summed E-state index contributed by atoms with van der Waals surface area (Å²) < 4.78 is 16.5. The average Bonchev–Trinajstić information content (AvgIpc) is 2.78. The normalized spacial score (nSPS) is 14.7. The van der Waals surface area contributed by atoms with Gasteiger partial charge in [0.15, 0.2) is 6.61 Å². The molecule has 7 heteroatoms. The van der Waals surface area contributed by atoms with E-state index in [1.807, 2.05) is 30.3 Å². The minimum Gasteiger partial charge on any atom is -0.497 e. The molecule has 1 atom stereocenters. The van der Waals surface area contributed by atoms with Gasteiger partial charge in [-0.1, -0.05) is 36.4 Å². The lowest BCUT2D eigenvalue weighted by Crippen LogP contribution is -2.30. The Morgan fingerprint density at radius 1 is 1.03 bits per heavy atom. The maximum absolute atomic E-state index is 12.4. The third-order valence-corrected chi connectivity index (χ3v) is 4.52. The molecule has 0 saturated heterocycles. The van der Waals surface area contributed by atoms with E-state index >= 15 is 0 Å². The molecular formula is C23H20N2O5. The first-order chi connectivity index (χ1) is 14.6. The summed E-state index contributed by atoms with van der Waals surface area (Å²) in [6, 6.07) is 21.3. The largest absolute Gasteiger partial charge is 0.497 e. The van der Waals surface area contributed by atoms with Gasteiger partial charge in [-0.25, -0.2) is 0 Å². The van der Waals surface area contributed by atoms with Crippen LogP contribution in [0.5, 0.6) is 17.2 Å². The van der Waals surface area contributed by atoms with E-state index in [1.165, 1.54) is 0 Å². The number of fused-ring (bicyclic) bond motifs is 1. The van der Waals surface area contributed by atoms with Gasteiger partial charge in [0.05, 0.1) is 12.8 Å². The number of ether oxygens (including phenoxy) is 3. The van der Waals surface area contributed by atoms with Crippen LogP contribution in [0.3, 0.4) is 0 Å². The Bertz CT molecular complexity index is 1070. The molecular weight excluding hydrogens is 384 g/mol. The molecule has 1 aliphatic rings. The highest BCUT2D eigenvalue weighted by molar-refractivity contribution is 6.00. The molecule has 30 heavy (non-hydrogen) atoms. The molecule has 0 spiro atoms. The highest BCUT2D eigenvalue weighted by Crippen LogP contribution is 2.36. The molecule has 0 saturated carbocycles. The minimum absolute atomic E-state index is 0.163.